The first-order valence-electron chi connectivity index (χ1n) is 5.64. The van der Waals surface area contributed by atoms with Crippen LogP contribution in [0.3, 0.4) is 0 Å². The van der Waals surface area contributed by atoms with Crippen LogP contribution in [0.4, 0.5) is 0 Å². The molecular formula is C12H16N2O3S. The third-order valence-corrected chi connectivity index (χ3v) is 3.70. The molecule has 0 aliphatic rings. The van der Waals surface area contributed by atoms with Gasteiger partial charge in [0.05, 0.1) is 17.4 Å². The van der Waals surface area contributed by atoms with Crippen molar-refractivity contribution in [1.29, 1.82) is 5.26 Å². The largest absolute Gasteiger partial charge is 0.396 e. The minimum atomic E-state index is -3.35. The number of unbranched alkanes of at least 4 members (excludes halogenated alkanes) is 1. The highest BCUT2D eigenvalue weighted by Gasteiger charge is 2.10. The Labute approximate surface area is 107 Å². The zero-order valence-electron chi connectivity index (χ0n) is 9.96. The highest BCUT2D eigenvalue weighted by molar-refractivity contribution is 7.88. The molecule has 0 spiro atoms. The second-order valence-corrected chi connectivity index (χ2v) is 5.70. The summed E-state index contributed by atoms with van der Waals surface area (Å²) in [7, 11) is -3.35. The van der Waals surface area contributed by atoms with E-state index in [1.165, 1.54) is 0 Å². The van der Waals surface area contributed by atoms with Crippen LogP contribution in [0, 0.1) is 11.3 Å². The summed E-state index contributed by atoms with van der Waals surface area (Å²) in [6.07, 6.45) is 1.20. The molecule has 18 heavy (non-hydrogen) atoms. The van der Waals surface area contributed by atoms with Gasteiger partial charge in [0.15, 0.2) is 0 Å². The van der Waals surface area contributed by atoms with E-state index in [1.54, 1.807) is 24.3 Å². The molecule has 0 heterocycles. The molecule has 0 atom stereocenters. The minimum Gasteiger partial charge on any atom is -0.396 e. The molecule has 0 saturated heterocycles. The molecule has 0 unspecified atom stereocenters. The molecule has 5 nitrogen and oxygen atoms in total. The maximum absolute atomic E-state index is 11.7. The van der Waals surface area contributed by atoms with Gasteiger partial charge in [-0.15, -0.1) is 0 Å². The Balaban J connectivity index is 2.51. The molecule has 0 amide bonds. The molecule has 98 valence electrons. The summed E-state index contributed by atoms with van der Waals surface area (Å²) in [5.74, 6) is -0.0994. The van der Waals surface area contributed by atoms with E-state index in [0.717, 1.165) is 0 Å². The Morgan fingerprint density at radius 3 is 2.44 bits per heavy atom. The predicted molar refractivity (Wildman–Crippen MR) is 68.1 cm³/mol. The van der Waals surface area contributed by atoms with Crippen molar-refractivity contribution in [2.45, 2.75) is 18.6 Å². The molecule has 0 aromatic heterocycles. The summed E-state index contributed by atoms with van der Waals surface area (Å²) in [4.78, 5) is 0. The molecule has 0 aliphatic carbocycles. The number of benzene rings is 1. The Bertz CT molecular complexity index is 503. The molecule has 1 aromatic carbocycles. The van der Waals surface area contributed by atoms with E-state index in [-0.39, 0.29) is 12.4 Å². The fourth-order valence-electron chi connectivity index (χ4n) is 1.41. The highest BCUT2D eigenvalue weighted by atomic mass is 32.2. The summed E-state index contributed by atoms with van der Waals surface area (Å²) in [6.45, 7) is 0.399. The van der Waals surface area contributed by atoms with Crippen LogP contribution >= 0.6 is 0 Å². The summed E-state index contributed by atoms with van der Waals surface area (Å²) < 4.78 is 25.8. The van der Waals surface area contributed by atoms with Crippen molar-refractivity contribution in [2.75, 3.05) is 13.2 Å². The standard InChI is InChI=1S/C12H16N2O3S/c13-9-11-3-5-12(6-4-11)10-18(16,17)14-7-1-2-8-15/h3-6,14-15H,1-2,7-8,10H2. The monoisotopic (exact) mass is 268 g/mol. The molecule has 0 saturated carbocycles. The first-order chi connectivity index (χ1) is 8.57. The number of aliphatic hydroxyl groups excluding tert-OH is 1. The minimum absolute atomic E-state index is 0.0668. The number of hydrogen-bond acceptors (Lipinski definition) is 4. The number of rotatable bonds is 7. The summed E-state index contributed by atoms with van der Waals surface area (Å²) >= 11 is 0. The van der Waals surface area contributed by atoms with E-state index in [4.69, 9.17) is 10.4 Å². The van der Waals surface area contributed by atoms with E-state index in [0.29, 0.717) is 30.5 Å². The van der Waals surface area contributed by atoms with Gasteiger partial charge in [-0.2, -0.15) is 5.26 Å². The average Bonchev–Trinajstić information content (AvgIpc) is 2.35. The number of nitriles is 1. The molecule has 1 rings (SSSR count). The van der Waals surface area contributed by atoms with Crippen LogP contribution < -0.4 is 4.72 Å². The van der Waals surface area contributed by atoms with Crippen molar-refractivity contribution in [1.82, 2.24) is 4.72 Å². The molecule has 2 N–H and O–H groups in total. The van der Waals surface area contributed by atoms with Gasteiger partial charge < -0.3 is 5.11 Å². The van der Waals surface area contributed by atoms with E-state index in [9.17, 15) is 8.42 Å². The predicted octanol–water partition coefficient (Wildman–Crippen LogP) is 0.750. The Kier molecular flexibility index (Phi) is 5.78. The fraction of sp³-hybridized carbons (Fsp3) is 0.417. The first-order valence-corrected chi connectivity index (χ1v) is 7.30. The summed E-state index contributed by atoms with van der Waals surface area (Å²) in [5, 5.41) is 17.2. The summed E-state index contributed by atoms with van der Waals surface area (Å²) in [5.41, 5.74) is 1.15. The van der Waals surface area contributed by atoms with Crippen LogP contribution in [0.5, 0.6) is 0 Å². The van der Waals surface area contributed by atoms with Crippen LogP contribution in [-0.4, -0.2) is 26.7 Å². The molecule has 0 radical (unpaired) electrons. The zero-order chi connectivity index (χ0) is 13.4. The van der Waals surface area contributed by atoms with Crippen LogP contribution in [0.2, 0.25) is 0 Å². The van der Waals surface area contributed by atoms with Gasteiger partial charge in [-0.05, 0) is 30.5 Å². The number of nitrogens with zero attached hydrogens (tertiary/aromatic N) is 1. The van der Waals surface area contributed by atoms with Crippen molar-refractivity contribution in [2.24, 2.45) is 0 Å². The van der Waals surface area contributed by atoms with Gasteiger partial charge in [0.2, 0.25) is 10.0 Å². The Morgan fingerprint density at radius 2 is 1.89 bits per heavy atom. The fourth-order valence-corrected chi connectivity index (χ4v) is 2.60. The first kappa shape index (κ1) is 14.6. The van der Waals surface area contributed by atoms with Gasteiger partial charge in [-0.3, -0.25) is 0 Å². The van der Waals surface area contributed by atoms with Crippen molar-refractivity contribution < 1.29 is 13.5 Å². The number of hydrogen-bond donors (Lipinski definition) is 2. The van der Waals surface area contributed by atoms with Crippen molar-refractivity contribution in [3.05, 3.63) is 35.4 Å². The van der Waals surface area contributed by atoms with E-state index in [1.807, 2.05) is 6.07 Å². The molecular weight excluding hydrogens is 252 g/mol. The van der Waals surface area contributed by atoms with Crippen LogP contribution in [0.15, 0.2) is 24.3 Å². The van der Waals surface area contributed by atoms with E-state index >= 15 is 0 Å². The smallest absolute Gasteiger partial charge is 0.215 e. The highest BCUT2D eigenvalue weighted by Crippen LogP contribution is 2.07. The maximum atomic E-state index is 11.7. The molecule has 0 bridgehead atoms. The molecule has 6 heteroatoms. The number of sulfonamides is 1. The SMILES string of the molecule is N#Cc1ccc(CS(=O)(=O)NCCCCO)cc1. The third-order valence-electron chi connectivity index (χ3n) is 2.35. The third kappa shape index (κ3) is 5.27. The zero-order valence-corrected chi connectivity index (χ0v) is 10.8. The van der Waals surface area contributed by atoms with Crippen molar-refractivity contribution in [3.63, 3.8) is 0 Å². The van der Waals surface area contributed by atoms with Gasteiger partial charge in [-0.1, -0.05) is 12.1 Å². The van der Waals surface area contributed by atoms with Crippen LogP contribution in [0.1, 0.15) is 24.0 Å². The lowest BCUT2D eigenvalue weighted by molar-refractivity contribution is 0.285. The van der Waals surface area contributed by atoms with Crippen LogP contribution in [-0.2, 0) is 15.8 Å². The van der Waals surface area contributed by atoms with E-state index in [2.05, 4.69) is 4.72 Å². The second-order valence-electron chi connectivity index (χ2n) is 3.89. The van der Waals surface area contributed by atoms with Gasteiger partial charge in [-0.25, -0.2) is 13.1 Å². The average molecular weight is 268 g/mol. The van der Waals surface area contributed by atoms with Crippen molar-refractivity contribution >= 4 is 10.0 Å². The lowest BCUT2D eigenvalue weighted by Gasteiger charge is -2.06. The van der Waals surface area contributed by atoms with Gasteiger partial charge in [0.1, 0.15) is 0 Å². The number of aliphatic hydroxyl groups is 1. The topological polar surface area (TPSA) is 90.2 Å². The lowest BCUT2D eigenvalue weighted by atomic mass is 10.2. The van der Waals surface area contributed by atoms with Crippen molar-refractivity contribution in [3.8, 4) is 6.07 Å². The molecule has 1 aromatic rings. The molecule has 0 aliphatic heterocycles. The lowest BCUT2D eigenvalue weighted by Crippen LogP contribution is -2.26. The van der Waals surface area contributed by atoms with Gasteiger partial charge >= 0.3 is 0 Å². The molecule has 0 fully saturated rings. The van der Waals surface area contributed by atoms with E-state index < -0.39 is 10.0 Å². The van der Waals surface area contributed by atoms with Crippen LogP contribution in [0.25, 0.3) is 0 Å². The van der Waals surface area contributed by atoms with Gasteiger partial charge in [0.25, 0.3) is 0 Å². The maximum Gasteiger partial charge on any atom is 0.215 e. The quantitative estimate of drug-likeness (QED) is 0.714. The number of nitrogens with one attached hydrogen (secondary N) is 1. The Morgan fingerprint density at radius 1 is 1.22 bits per heavy atom. The van der Waals surface area contributed by atoms with Gasteiger partial charge in [0, 0.05) is 13.2 Å². The second kappa shape index (κ2) is 7.11. The Hall–Kier alpha value is -1.42. The summed E-state index contributed by atoms with van der Waals surface area (Å²) in [6, 6.07) is 8.43. The normalized spacial score (nSPS) is 11.1.